The number of benzene rings is 2. The summed E-state index contributed by atoms with van der Waals surface area (Å²) in [6.07, 6.45) is 0. The third kappa shape index (κ3) is 4.37. The maximum atomic E-state index is 12.1. The van der Waals surface area contributed by atoms with E-state index in [-0.39, 0.29) is 5.91 Å². The van der Waals surface area contributed by atoms with Gasteiger partial charge in [0.05, 0.1) is 5.75 Å². The molecule has 1 amide bonds. The van der Waals surface area contributed by atoms with Crippen molar-refractivity contribution < 1.29 is 4.79 Å². The number of H-pyrrole nitrogens is 1. The van der Waals surface area contributed by atoms with Crippen molar-refractivity contribution in [3.8, 4) is 11.4 Å². The maximum Gasteiger partial charge on any atom is 0.234 e. The lowest BCUT2D eigenvalue weighted by atomic mass is 10.2. The number of nitrogens with zero attached hydrogens (tertiary/aromatic N) is 2. The molecular weight excluding hydrogens is 344 g/mol. The minimum Gasteiger partial charge on any atom is -0.325 e. The van der Waals surface area contributed by atoms with Gasteiger partial charge in [-0.15, -0.1) is 11.8 Å². The number of halogens is 1. The number of hydrogen-bond donors (Lipinski definition) is 2. The van der Waals surface area contributed by atoms with Crippen molar-refractivity contribution in [3.05, 3.63) is 59.4 Å². The molecule has 7 heteroatoms. The van der Waals surface area contributed by atoms with Gasteiger partial charge in [-0.1, -0.05) is 23.7 Å². The summed E-state index contributed by atoms with van der Waals surface area (Å²) in [5, 5.41) is 10.5. The lowest BCUT2D eigenvalue weighted by molar-refractivity contribution is -0.113. The van der Waals surface area contributed by atoms with Crippen molar-refractivity contribution >= 4 is 35.0 Å². The Morgan fingerprint density at radius 1 is 1.25 bits per heavy atom. The van der Waals surface area contributed by atoms with Crippen molar-refractivity contribution in [1.82, 2.24) is 15.2 Å². The molecule has 0 aliphatic rings. The van der Waals surface area contributed by atoms with E-state index in [1.807, 2.05) is 55.5 Å². The highest BCUT2D eigenvalue weighted by molar-refractivity contribution is 8.00. The highest BCUT2D eigenvalue weighted by Crippen LogP contribution is 2.22. The van der Waals surface area contributed by atoms with Crippen molar-refractivity contribution in [2.75, 3.05) is 11.1 Å². The first-order valence-corrected chi connectivity index (χ1v) is 8.64. The fraction of sp³-hybridized carbons (Fsp3) is 0.118. The summed E-state index contributed by atoms with van der Waals surface area (Å²) in [6, 6.07) is 14.9. The van der Waals surface area contributed by atoms with Crippen molar-refractivity contribution in [2.24, 2.45) is 0 Å². The lowest BCUT2D eigenvalue weighted by Gasteiger charge is -2.06. The number of amides is 1. The molecule has 0 unspecified atom stereocenters. The summed E-state index contributed by atoms with van der Waals surface area (Å²) in [4.78, 5) is 17.4. The summed E-state index contributed by atoms with van der Waals surface area (Å²) in [5.74, 6) is 1.61. The average molecular weight is 359 g/mol. The Hall–Kier alpha value is -2.31. The summed E-state index contributed by atoms with van der Waals surface area (Å²) in [5.41, 5.74) is 1.57. The first-order valence-electron chi connectivity index (χ1n) is 7.28. The molecular formula is C17H15ClN4OS. The van der Waals surface area contributed by atoms with Gasteiger partial charge in [0.25, 0.3) is 0 Å². The van der Waals surface area contributed by atoms with Crippen LogP contribution in [0.2, 0.25) is 5.02 Å². The van der Waals surface area contributed by atoms with Crippen LogP contribution < -0.4 is 5.32 Å². The number of nitrogens with one attached hydrogen (secondary N) is 2. The Morgan fingerprint density at radius 3 is 2.75 bits per heavy atom. The van der Waals surface area contributed by atoms with Gasteiger partial charge in [0, 0.05) is 21.2 Å². The Balaban J connectivity index is 1.61. The average Bonchev–Trinajstić information content (AvgIpc) is 3.01. The SMILES string of the molecule is Cc1nc(-c2cccc(NC(=O)CSc3ccc(Cl)cc3)c2)n[nH]1. The number of hydrogen-bond acceptors (Lipinski definition) is 4. The number of aromatic nitrogens is 3. The molecule has 5 nitrogen and oxygen atoms in total. The monoisotopic (exact) mass is 358 g/mol. The minimum atomic E-state index is -0.0710. The zero-order valence-electron chi connectivity index (χ0n) is 12.9. The molecule has 0 aliphatic carbocycles. The van der Waals surface area contributed by atoms with E-state index in [1.54, 1.807) is 0 Å². The standard InChI is InChI=1S/C17H15ClN4OS/c1-11-19-17(22-21-11)12-3-2-4-14(9-12)20-16(23)10-24-15-7-5-13(18)6-8-15/h2-9H,10H2,1H3,(H,20,23)(H,19,21,22). The quantitative estimate of drug-likeness (QED) is 0.672. The van der Waals surface area contributed by atoms with Gasteiger partial charge in [-0.3, -0.25) is 9.89 Å². The van der Waals surface area contributed by atoms with Crippen LogP contribution in [0.15, 0.2) is 53.4 Å². The molecule has 0 fully saturated rings. The highest BCUT2D eigenvalue weighted by atomic mass is 35.5. The number of thioether (sulfide) groups is 1. The number of aromatic amines is 1. The predicted molar refractivity (Wildman–Crippen MR) is 97.4 cm³/mol. The molecule has 0 saturated heterocycles. The third-order valence-electron chi connectivity index (χ3n) is 3.19. The van der Waals surface area contributed by atoms with E-state index in [4.69, 9.17) is 11.6 Å². The Kier molecular flexibility index (Phi) is 5.17. The second-order valence-electron chi connectivity index (χ2n) is 5.12. The van der Waals surface area contributed by atoms with Crippen LogP contribution in [0.5, 0.6) is 0 Å². The summed E-state index contributed by atoms with van der Waals surface area (Å²) < 4.78 is 0. The smallest absolute Gasteiger partial charge is 0.234 e. The topological polar surface area (TPSA) is 70.7 Å². The van der Waals surface area contributed by atoms with Crippen LogP contribution in [0.25, 0.3) is 11.4 Å². The van der Waals surface area contributed by atoms with Crippen LogP contribution in [0.3, 0.4) is 0 Å². The summed E-state index contributed by atoms with van der Waals surface area (Å²) in [6.45, 7) is 1.84. The largest absolute Gasteiger partial charge is 0.325 e. The van der Waals surface area contributed by atoms with Gasteiger partial charge in [0.1, 0.15) is 5.82 Å². The van der Waals surface area contributed by atoms with Crippen LogP contribution in [0, 0.1) is 6.92 Å². The molecule has 0 bridgehead atoms. The van der Waals surface area contributed by atoms with Crippen molar-refractivity contribution in [1.29, 1.82) is 0 Å². The molecule has 2 N–H and O–H groups in total. The van der Waals surface area contributed by atoms with E-state index in [2.05, 4.69) is 20.5 Å². The Morgan fingerprint density at radius 2 is 2.04 bits per heavy atom. The van der Waals surface area contributed by atoms with Crippen molar-refractivity contribution in [2.45, 2.75) is 11.8 Å². The second kappa shape index (κ2) is 7.51. The highest BCUT2D eigenvalue weighted by Gasteiger charge is 2.07. The molecule has 24 heavy (non-hydrogen) atoms. The van der Waals surface area contributed by atoms with Gasteiger partial charge < -0.3 is 5.32 Å². The maximum absolute atomic E-state index is 12.1. The van der Waals surface area contributed by atoms with E-state index in [0.29, 0.717) is 16.6 Å². The molecule has 3 rings (SSSR count). The second-order valence-corrected chi connectivity index (χ2v) is 6.60. The molecule has 2 aromatic carbocycles. The van der Waals surface area contributed by atoms with Gasteiger partial charge in [-0.05, 0) is 43.3 Å². The Labute approximate surface area is 148 Å². The number of carbonyl (C=O) groups excluding carboxylic acids is 1. The lowest BCUT2D eigenvalue weighted by Crippen LogP contribution is -2.13. The predicted octanol–water partition coefficient (Wildman–Crippen LogP) is 4.16. The zero-order valence-corrected chi connectivity index (χ0v) is 14.5. The minimum absolute atomic E-state index is 0.0710. The molecule has 3 aromatic rings. The number of rotatable bonds is 5. The van der Waals surface area contributed by atoms with E-state index in [1.165, 1.54) is 11.8 Å². The molecule has 0 atom stereocenters. The molecule has 1 aromatic heterocycles. The molecule has 0 radical (unpaired) electrons. The molecule has 0 saturated carbocycles. The van der Waals surface area contributed by atoms with E-state index in [9.17, 15) is 4.79 Å². The van der Waals surface area contributed by atoms with Crippen LogP contribution >= 0.6 is 23.4 Å². The van der Waals surface area contributed by atoms with Crippen LogP contribution in [-0.4, -0.2) is 26.8 Å². The first kappa shape index (κ1) is 16.5. The van der Waals surface area contributed by atoms with Gasteiger partial charge in [-0.25, -0.2) is 4.98 Å². The molecule has 122 valence electrons. The molecule has 1 heterocycles. The fourth-order valence-corrected chi connectivity index (χ4v) is 2.91. The van der Waals surface area contributed by atoms with Gasteiger partial charge in [0.2, 0.25) is 5.91 Å². The molecule has 0 spiro atoms. The van der Waals surface area contributed by atoms with E-state index < -0.39 is 0 Å². The number of carbonyl (C=O) groups is 1. The number of anilines is 1. The summed E-state index contributed by atoms with van der Waals surface area (Å²) >= 11 is 7.31. The van der Waals surface area contributed by atoms with E-state index >= 15 is 0 Å². The first-order chi connectivity index (χ1) is 11.6. The van der Waals surface area contributed by atoms with Crippen LogP contribution in [-0.2, 0) is 4.79 Å². The normalized spacial score (nSPS) is 10.6. The van der Waals surface area contributed by atoms with Gasteiger partial charge in [0.15, 0.2) is 5.82 Å². The van der Waals surface area contributed by atoms with Crippen molar-refractivity contribution in [3.63, 3.8) is 0 Å². The Bertz CT molecular complexity index is 848. The van der Waals surface area contributed by atoms with Gasteiger partial charge in [-0.2, -0.15) is 5.10 Å². The van der Waals surface area contributed by atoms with Crippen LogP contribution in [0.4, 0.5) is 5.69 Å². The number of aryl methyl sites for hydroxylation is 1. The van der Waals surface area contributed by atoms with E-state index in [0.717, 1.165) is 22.0 Å². The molecule has 0 aliphatic heterocycles. The third-order valence-corrected chi connectivity index (χ3v) is 4.45. The van der Waals surface area contributed by atoms with Gasteiger partial charge >= 0.3 is 0 Å². The summed E-state index contributed by atoms with van der Waals surface area (Å²) in [7, 11) is 0. The zero-order chi connectivity index (χ0) is 16.9. The van der Waals surface area contributed by atoms with Crippen LogP contribution in [0.1, 0.15) is 5.82 Å². The fourth-order valence-electron chi connectivity index (χ4n) is 2.08.